The maximum absolute atomic E-state index is 8.10. The van der Waals surface area contributed by atoms with Crippen molar-refractivity contribution in [3.63, 3.8) is 0 Å². The fourth-order valence-electron chi connectivity index (χ4n) is 1.16. The highest BCUT2D eigenvalue weighted by atomic mass is 32.2. The molecule has 0 aromatic carbocycles. The lowest BCUT2D eigenvalue weighted by Gasteiger charge is -2.24. The molecule has 0 spiro atoms. The Hall–Kier alpha value is -0.380. The van der Waals surface area contributed by atoms with E-state index in [-0.39, 0.29) is 0 Å². The molecule has 0 aliphatic heterocycles. The molecule has 0 fully saturated rings. The second-order valence-corrected chi connectivity index (χ2v) is 4.40. The SMILES string of the molecule is CSCCC(C)N(C)CCCN=[N+]=[N-]. The molecule has 1 atom stereocenters. The second-order valence-electron chi connectivity index (χ2n) is 3.42. The maximum atomic E-state index is 8.10. The summed E-state index contributed by atoms with van der Waals surface area (Å²) < 4.78 is 0. The van der Waals surface area contributed by atoms with Gasteiger partial charge in [0.1, 0.15) is 0 Å². The molecule has 0 aromatic rings. The molecular weight excluding hydrogens is 196 g/mol. The van der Waals surface area contributed by atoms with Gasteiger partial charge in [-0.05, 0) is 50.9 Å². The zero-order valence-electron chi connectivity index (χ0n) is 9.31. The van der Waals surface area contributed by atoms with Gasteiger partial charge >= 0.3 is 0 Å². The van der Waals surface area contributed by atoms with Gasteiger partial charge in [0.15, 0.2) is 0 Å². The molecule has 14 heavy (non-hydrogen) atoms. The minimum absolute atomic E-state index is 0.607. The lowest BCUT2D eigenvalue weighted by Crippen LogP contribution is -2.30. The molecule has 0 rings (SSSR count). The number of hydrogen-bond acceptors (Lipinski definition) is 3. The van der Waals surface area contributed by atoms with Crippen LogP contribution < -0.4 is 0 Å². The van der Waals surface area contributed by atoms with Gasteiger partial charge in [0.05, 0.1) is 0 Å². The third-order valence-corrected chi connectivity index (χ3v) is 2.97. The molecule has 0 radical (unpaired) electrons. The van der Waals surface area contributed by atoms with Crippen molar-refractivity contribution in [3.05, 3.63) is 10.4 Å². The van der Waals surface area contributed by atoms with Crippen molar-refractivity contribution >= 4 is 11.8 Å². The van der Waals surface area contributed by atoms with Crippen LogP contribution in [0.3, 0.4) is 0 Å². The lowest BCUT2D eigenvalue weighted by molar-refractivity contribution is 0.252. The predicted octanol–water partition coefficient (Wildman–Crippen LogP) is 2.76. The summed E-state index contributed by atoms with van der Waals surface area (Å²) in [5.74, 6) is 1.21. The molecule has 0 saturated carbocycles. The summed E-state index contributed by atoms with van der Waals surface area (Å²) in [6.07, 6.45) is 4.30. The van der Waals surface area contributed by atoms with Crippen LogP contribution in [-0.4, -0.2) is 43.1 Å². The molecule has 0 aliphatic rings. The topological polar surface area (TPSA) is 52.0 Å². The van der Waals surface area contributed by atoms with Gasteiger partial charge in [-0.1, -0.05) is 5.11 Å². The van der Waals surface area contributed by atoms with Gasteiger partial charge in [-0.2, -0.15) is 11.8 Å². The normalized spacial score (nSPS) is 12.6. The Kier molecular flexibility index (Phi) is 8.94. The summed E-state index contributed by atoms with van der Waals surface area (Å²) in [7, 11) is 2.13. The monoisotopic (exact) mass is 216 g/mol. The van der Waals surface area contributed by atoms with Crippen molar-refractivity contribution < 1.29 is 0 Å². The van der Waals surface area contributed by atoms with E-state index in [1.165, 1.54) is 12.2 Å². The zero-order valence-corrected chi connectivity index (χ0v) is 10.1. The minimum Gasteiger partial charge on any atom is -0.304 e. The van der Waals surface area contributed by atoms with Crippen LogP contribution >= 0.6 is 11.8 Å². The van der Waals surface area contributed by atoms with E-state index < -0.39 is 0 Å². The molecule has 0 amide bonds. The highest BCUT2D eigenvalue weighted by Gasteiger charge is 2.07. The zero-order chi connectivity index (χ0) is 10.8. The molecule has 5 heteroatoms. The Morgan fingerprint density at radius 1 is 1.57 bits per heavy atom. The quantitative estimate of drug-likeness (QED) is 0.271. The van der Waals surface area contributed by atoms with Crippen molar-refractivity contribution in [2.45, 2.75) is 25.8 Å². The average molecular weight is 216 g/mol. The van der Waals surface area contributed by atoms with E-state index in [0.29, 0.717) is 12.6 Å². The van der Waals surface area contributed by atoms with Crippen LogP contribution in [0, 0.1) is 0 Å². The Morgan fingerprint density at radius 2 is 2.29 bits per heavy atom. The first-order valence-corrected chi connectivity index (χ1v) is 6.31. The van der Waals surface area contributed by atoms with Crippen LogP contribution in [0.2, 0.25) is 0 Å². The van der Waals surface area contributed by atoms with Gasteiger partial charge in [0.2, 0.25) is 0 Å². The minimum atomic E-state index is 0.607. The van der Waals surface area contributed by atoms with Crippen LogP contribution in [0.4, 0.5) is 0 Å². The van der Waals surface area contributed by atoms with Crippen molar-refractivity contribution in [1.29, 1.82) is 0 Å². The van der Waals surface area contributed by atoms with E-state index in [9.17, 15) is 0 Å². The van der Waals surface area contributed by atoms with Crippen molar-refractivity contribution in [2.75, 3.05) is 32.1 Å². The van der Waals surface area contributed by atoms with Crippen LogP contribution in [0.1, 0.15) is 19.8 Å². The molecule has 1 unspecified atom stereocenters. The molecule has 0 aliphatic carbocycles. The van der Waals surface area contributed by atoms with Gasteiger partial charge in [0.25, 0.3) is 0 Å². The second kappa shape index (κ2) is 9.19. The Balaban J connectivity index is 3.50. The van der Waals surface area contributed by atoms with E-state index >= 15 is 0 Å². The third kappa shape index (κ3) is 7.06. The molecule has 0 heterocycles. The van der Waals surface area contributed by atoms with Gasteiger partial charge in [-0.25, -0.2) is 0 Å². The first-order chi connectivity index (χ1) is 6.72. The number of azide groups is 1. The third-order valence-electron chi connectivity index (χ3n) is 2.32. The van der Waals surface area contributed by atoms with Crippen molar-refractivity contribution in [1.82, 2.24) is 4.90 Å². The maximum Gasteiger partial charge on any atom is 0.0270 e. The molecular formula is C9H20N4S. The Bertz CT molecular complexity index is 180. The summed E-state index contributed by atoms with van der Waals surface area (Å²) in [5, 5.41) is 3.52. The molecule has 0 saturated heterocycles. The highest BCUT2D eigenvalue weighted by Crippen LogP contribution is 2.06. The smallest absolute Gasteiger partial charge is 0.0270 e. The predicted molar refractivity (Wildman–Crippen MR) is 63.7 cm³/mol. The van der Waals surface area contributed by atoms with E-state index in [0.717, 1.165) is 13.0 Å². The van der Waals surface area contributed by atoms with Gasteiger partial charge in [-0.3, -0.25) is 0 Å². The highest BCUT2D eigenvalue weighted by molar-refractivity contribution is 7.98. The first-order valence-electron chi connectivity index (χ1n) is 4.92. The molecule has 0 aromatic heterocycles. The number of thioether (sulfide) groups is 1. The number of hydrogen-bond donors (Lipinski definition) is 0. The van der Waals surface area contributed by atoms with E-state index in [2.05, 4.69) is 35.2 Å². The number of rotatable bonds is 8. The molecule has 82 valence electrons. The average Bonchev–Trinajstić information content (AvgIpc) is 2.20. The standard InChI is InChI=1S/C9H20N4S/c1-9(5-8-14-3)13(2)7-4-6-11-12-10/h9H,4-8H2,1-3H3. The largest absolute Gasteiger partial charge is 0.304 e. The Morgan fingerprint density at radius 3 is 2.86 bits per heavy atom. The van der Waals surface area contributed by atoms with E-state index in [1.54, 1.807) is 0 Å². The summed E-state index contributed by atoms with van der Waals surface area (Å²) >= 11 is 1.89. The summed E-state index contributed by atoms with van der Waals surface area (Å²) in [6.45, 7) is 3.86. The molecule has 0 N–H and O–H groups in total. The summed E-state index contributed by atoms with van der Waals surface area (Å²) in [6, 6.07) is 0.619. The Labute approximate surface area is 90.7 Å². The lowest BCUT2D eigenvalue weighted by atomic mass is 10.2. The van der Waals surface area contributed by atoms with E-state index in [1.807, 2.05) is 11.8 Å². The van der Waals surface area contributed by atoms with Gasteiger partial charge in [0, 0.05) is 17.5 Å². The summed E-state index contributed by atoms with van der Waals surface area (Å²) in [4.78, 5) is 5.05. The van der Waals surface area contributed by atoms with Crippen LogP contribution in [-0.2, 0) is 0 Å². The fraction of sp³-hybridized carbons (Fsp3) is 1.00. The van der Waals surface area contributed by atoms with Crippen LogP contribution in [0.25, 0.3) is 10.4 Å². The fourth-order valence-corrected chi connectivity index (χ4v) is 1.74. The van der Waals surface area contributed by atoms with Gasteiger partial charge < -0.3 is 4.90 Å². The molecule has 0 bridgehead atoms. The van der Waals surface area contributed by atoms with Crippen molar-refractivity contribution in [3.8, 4) is 0 Å². The van der Waals surface area contributed by atoms with Gasteiger partial charge in [-0.15, -0.1) is 0 Å². The van der Waals surface area contributed by atoms with Crippen LogP contribution in [0.5, 0.6) is 0 Å². The molecule has 4 nitrogen and oxygen atoms in total. The van der Waals surface area contributed by atoms with E-state index in [4.69, 9.17) is 5.53 Å². The number of nitrogens with zero attached hydrogens (tertiary/aromatic N) is 4. The summed E-state index contributed by atoms with van der Waals surface area (Å²) in [5.41, 5.74) is 8.10. The first kappa shape index (κ1) is 13.6. The van der Waals surface area contributed by atoms with Crippen LogP contribution in [0.15, 0.2) is 5.11 Å². The van der Waals surface area contributed by atoms with Crippen molar-refractivity contribution in [2.24, 2.45) is 5.11 Å².